The summed E-state index contributed by atoms with van der Waals surface area (Å²) >= 11 is 0. The molecular formula is C12H19NO3. The molecule has 0 bridgehead atoms. The molecule has 4 N–H and O–H groups in total. The minimum Gasteiger partial charge on any atom is -0.504 e. The molecule has 0 fully saturated rings. The third-order valence-electron chi connectivity index (χ3n) is 2.61. The number of aliphatic hydroxyl groups is 1. The molecule has 90 valence electrons. The Balaban J connectivity index is 2.57. The highest BCUT2D eigenvalue weighted by Crippen LogP contribution is 2.24. The van der Waals surface area contributed by atoms with Gasteiger partial charge in [-0.25, -0.2) is 0 Å². The second-order valence-corrected chi connectivity index (χ2v) is 4.24. The third-order valence-corrected chi connectivity index (χ3v) is 2.61. The summed E-state index contributed by atoms with van der Waals surface area (Å²) in [4.78, 5) is 0. The maximum atomic E-state index is 9.30. The Morgan fingerprint density at radius 3 is 2.38 bits per heavy atom. The minimum absolute atomic E-state index is 0.0379. The molecule has 4 nitrogen and oxygen atoms in total. The van der Waals surface area contributed by atoms with Crippen molar-refractivity contribution in [3.8, 4) is 11.5 Å². The lowest BCUT2D eigenvalue weighted by Crippen LogP contribution is -2.36. The van der Waals surface area contributed by atoms with Crippen LogP contribution in [0.15, 0.2) is 18.2 Å². The van der Waals surface area contributed by atoms with E-state index in [2.05, 4.69) is 5.32 Å². The molecular weight excluding hydrogens is 206 g/mol. The van der Waals surface area contributed by atoms with Crippen LogP contribution in [-0.4, -0.2) is 28.0 Å². The van der Waals surface area contributed by atoms with Crippen molar-refractivity contribution in [3.05, 3.63) is 23.8 Å². The minimum atomic E-state index is -0.121. The van der Waals surface area contributed by atoms with Gasteiger partial charge in [0, 0.05) is 12.6 Å². The van der Waals surface area contributed by atoms with Gasteiger partial charge in [-0.15, -0.1) is 0 Å². The fourth-order valence-electron chi connectivity index (χ4n) is 1.44. The van der Waals surface area contributed by atoms with Gasteiger partial charge in [-0.1, -0.05) is 19.9 Å². The predicted molar refractivity (Wildman–Crippen MR) is 62.3 cm³/mol. The van der Waals surface area contributed by atoms with Crippen LogP contribution in [0.2, 0.25) is 0 Å². The van der Waals surface area contributed by atoms with Crippen LogP contribution in [0.4, 0.5) is 0 Å². The van der Waals surface area contributed by atoms with E-state index in [-0.39, 0.29) is 24.1 Å². The summed E-state index contributed by atoms with van der Waals surface area (Å²) < 4.78 is 0. The number of phenolic OH excluding ortho intramolecular Hbond substituents is 2. The largest absolute Gasteiger partial charge is 0.504 e. The zero-order valence-corrected chi connectivity index (χ0v) is 9.64. The van der Waals surface area contributed by atoms with Crippen molar-refractivity contribution >= 4 is 0 Å². The van der Waals surface area contributed by atoms with Gasteiger partial charge in [0.2, 0.25) is 0 Å². The molecule has 1 aromatic carbocycles. The van der Waals surface area contributed by atoms with E-state index in [1.165, 1.54) is 12.1 Å². The van der Waals surface area contributed by atoms with Gasteiger partial charge in [0.15, 0.2) is 11.5 Å². The van der Waals surface area contributed by atoms with Gasteiger partial charge in [-0.2, -0.15) is 0 Å². The highest BCUT2D eigenvalue weighted by Gasteiger charge is 2.11. The molecule has 1 atom stereocenters. The molecule has 16 heavy (non-hydrogen) atoms. The summed E-state index contributed by atoms with van der Waals surface area (Å²) in [5.41, 5.74) is 0.870. The first-order chi connectivity index (χ1) is 7.54. The van der Waals surface area contributed by atoms with E-state index in [9.17, 15) is 5.11 Å². The Labute approximate surface area is 95.6 Å². The first kappa shape index (κ1) is 12.8. The van der Waals surface area contributed by atoms with E-state index < -0.39 is 0 Å². The van der Waals surface area contributed by atoms with Crippen LogP contribution in [-0.2, 0) is 6.54 Å². The van der Waals surface area contributed by atoms with Gasteiger partial charge in [0.05, 0.1) is 6.61 Å². The summed E-state index contributed by atoms with van der Waals surface area (Å²) in [6.45, 7) is 4.70. The molecule has 0 amide bonds. The number of hydrogen-bond acceptors (Lipinski definition) is 4. The molecule has 0 aromatic heterocycles. The molecule has 0 aliphatic heterocycles. The second kappa shape index (κ2) is 5.72. The first-order valence-corrected chi connectivity index (χ1v) is 5.39. The molecule has 0 saturated heterocycles. The van der Waals surface area contributed by atoms with Gasteiger partial charge in [-0.05, 0) is 23.6 Å². The van der Waals surface area contributed by atoms with Crippen molar-refractivity contribution in [2.45, 2.75) is 26.4 Å². The smallest absolute Gasteiger partial charge is 0.157 e. The van der Waals surface area contributed by atoms with Crippen LogP contribution in [0.25, 0.3) is 0 Å². The van der Waals surface area contributed by atoms with E-state index in [1.807, 2.05) is 13.8 Å². The molecule has 1 rings (SSSR count). The molecule has 0 radical (unpaired) electrons. The lowest BCUT2D eigenvalue weighted by atomic mass is 10.1. The van der Waals surface area contributed by atoms with Crippen LogP contribution in [0.3, 0.4) is 0 Å². The number of aliphatic hydroxyl groups excluding tert-OH is 1. The first-order valence-electron chi connectivity index (χ1n) is 5.39. The van der Waals surface area contributed by atoms with Crippen molar-refractivity contribution in [1.82, 2.24) is 5.32 Å². The van der Waals surface area contributed by atoms with E-state index >= 15 is 0 Å². The fourth-order valence-corrected chi connectivity index (χ4v) is 1.44. The lowest BCUT2D eigenvalue weighted by molar-refractivity contribution is 0.210. The summed E-state index contributed by atoms with van der Waals surface area (Å²) in [6.07, 6.45) is 0. The Bertz CT molecular complexity index is 339. The molecule has 0 saturated carbocycles. The van der Waals surface area contributed by atoms with E-state index in [0.29, 0.717) is 12.5 Å². The Hall–Kier alpha value is -1.26. The zero-order valence-electron chi connectivity index (χ0n) is 9.64. The average Bonchev–Trinajstić information content (AvgIpc) is 2.23. The van der Waals surface area contributed by atoms with Gasteiger partial charge >= 0.3 is 0 Å². The van der Waals surface area contributed by atoms with Crippen molar-refractivity contribution < 1.29 is 15.3 Å². The van der Waals surface area contributed by atoms with E-state index in [4.69, 9.17) is 10.2 Å². The Morgan fingerprint density at radius 1 is 1.19 bits per heavy atom. The van der Waals surface area contributed by atoms with Gasteiger partial charge in [0.25, 0.3) is 0 Å². The second-order valence-electron chi connectivity index (χ2n) is 4.24. The quantitative estimate of drug-likeness (QED) is 0.568. The monoisotopic (exact) mass is 225 g/mol. The molecule has 0 aliphatic rings. The summed E-state index contributed by atoms with van der Waals surface area (Å²) in [5, 5.41) is 30.8. The maximum Gasteiger partial charge on any atom is 0.157 e. The highest BCUT2D eigenvalue weighted by atomic mass is 16.3. The van der Waals surface area contributed by atoms with Crippen molar-refractivity contribution in [1.29, 1.82) is 0 Å². The number of aromatic hydroxyl groups is 2. The Kier molecular flexibility index (Phi) is 4.58. The molecule has 4 heteroatoms. The van der Waals surface area contributed by atoms with Gasteiger partial charge in [0.1, 0.15) is 0 Å². The van der Waals surface area contributed by atoms with Crippen LogP contribution in [0, 0.1) is 5.92 Å². The van der Waals surface area contributed by atoms with Crippen molar-refractivity contribution in [2.24, 2.45) is 5.92 Å². The number of rotatable bonds is 5. The average molecular weight is 225 g/mol. The molecule has 1 aromatic rings. The third kappa shape index (κ3) is 3.40. The summed E-state index contributed by atoms with van der Waals surface area (Å²) in [6, 6.07) is 4.74. The zero-order chi connectivity index (χ0) is 12.1. The van der Waals surface area contributed by atoms with Crippen molar-refractivity contribution in [2.75, 3.05) is 6.61 Å². The van der Waals surface area contributed by atoms with E-state index in [1.54, 1.807) is 6.07 Å². The highest BCUT2D eigenvalue weighted by molar-refractivity contribution is 5.40. The number of hydrogen-bond donors (Lipinski definition) is 4. The molecule has 0 heterocycles. The van der Waals surface area contributed by atoms with E-state index in [0.717, 1.165) is 5.56 Å². The topological polar surface area (TPSA) is 72.7 Å². The number of phenols is 2. The van der Waals surface area contributed by atoms with Crippen LogP contribution in [0.5, 0.6) is 11.5 Å². The maximum absolute atomic E-state index is 9.30. The normalized spacial score (nSPS) is 13.0. The van der Waals surface area contributed by atoms with Crippen molar-refractivity contribution in [3.63, 3.8) is 0 Å². The summed E-state index contributed by atoms with van der Waals surface area (Å²) in [7, 11) is 0. The van der Waals surface area contributed by atoms with Crippen LogP contribution in [0.1, 0.15) is 19.4 Å². The van der Waals surface area contributed by atoms with Gasteiger partial charge in [-0.3, -0.25) is 0 Å². The number of nitrogens with one attached hydrogen (secondary N) is 1. The number of benzene rings is 1. The lowest BCUT2D eigenvalue weighted by Gasteiger charge is -2.20. The Morgan fingerprint density at radius 2 is 1.88 bits per heavy atom. The van der Waals surface area contributed by atoms with Crippen LogP contribution >= 0.6 is 0 Å². The van der Waals surface area contributed by atoms with Crippen LogP contribution < -0.4 is 5.32 Å². The predicted octanol–water partition coefficient (Wildman–Crippen LogP) is 1.20. The summed E-state index contributed by atoms with van der Waals surface area (Å²) in [5.74, 6) is 0.103. The fraction of sp³-hybridized carbons (Fsp3) is 0.500. The SMILES string of the molecule is CC(C)C(CO)NCc1ccc(O)c(O)c1. The van der Waals surface area contributed by atoms with Gasteiger partial charge < -0.3 is 20.6 Å². The molecule has 0 aliphatic carbocycles. The standard InChI is InChI=1S/C12H19NO3/c1-8(2)10(7-14)13-6-9-3-4-11(15)12(16)5-9/h3-5,8,10,13-16H,6-7H2,1-2H3. The molecule has 0 spiro atoms. The molecule has 1 unspecified atom stereocenters.